The first-order valence-electron chi connectivity index (χ1n) is 6.29. The zero-order chi connectivity index (χ0) is 10.7. The lowest BCUT2D eigenvalue weighted by atomic mass is 9.87. The second kappa shape index (κ2) is 5.16. The van der Waals surface area contributed by atoms with Gasteiger partial charge in [0.05, 0.1) is 0 Å². The zero-order valence-corrected chi connectivity index (χ0v) is 10.6. The van der Waals surface area contributed by atoms with Crippen LogP contribution >= 0.6 is 0 Å². The van der Waals surface area contributed by atoms with E-state index < -0.39 is 0 Å². The average Bonchev–Trinajstić information content (AvgIpc) is 2.85. The predicted octanol–water partition coefficient (Wildman–Crippen LogP) is 3.54. The van der Waals surface area contributed by atoms with Gasteiger partial charge >= 0.3 is 0 Å². The molecule has 0 aliphatic heterocycles. The van der Waals surface area contributed by atoms with Gasteiger partial charge in [0.15, 0.2) is 0 Å². The summed E-state index contributed by atoms with van der Waals surface area (Å²) in [4.78, 5) is 2.64. The number of nitrogens with zero attached hydrogens (tertiary/aromatic N) is 1. The molecule has 0 amide bonds. The highest BCUT2D eigenvalue weighted by Crippen LogP contribution is 2.32. The summed E-state index contributed by atoms with van der Waals surface area (Å²) in [5, 5.41) is 0. The van der Waals surface area contributed by atoms with Crippen LogP contribution in [0.25, 0.3) is 0 Å². The minimum atomic E-state index is 0.794. The smallest absolute Gasteiger partial charge is 0.0144 e. The zero-order valence-electron chi connectivity index (χ0n) is 10.6. The van der Waals surface area contributed by atoms with E-state index >= 15 is 0 Å². The van der Waals surface area contributed by atoms with Crippen molar-refractivity contribution in [2.24, 2.45) is 11.8 Å². The van der Waals surface area contributed by atoms with Crippen LogP contribution in [0.1, 0.15) is 53.4 Å². The van der Waals surface area contributed by atoms with Crippen molar-refractivity contribution >= 4 is 0 Å². The summed E-state index contributed by atoms with van der Waals surface area (Å²) in [5.74, 6) is 1.65. The van der Waals surface area contributed by atoms with Crippen molar-refractivity contribution in [2.75, 3.05) is 7.05 Å². The van der Waals surface area contributed by atoms with Gasteiger partial charge in [-0.3, -0.25) is 4.90 Å². The molecule has 1 aliphatic rings. The maximum Gasteiger partial charge on any atom is 0.0144 e. The molecule has 1 unspecified atom stereocenters. The van der Waals surface area contributed by atoms with Crippen LogP contribution < -0.4 is 0 Å². The van der Waals surface area contributed by atoms with Crippen molar-refractivity contribution in [2.45, 2.75) is 65.5 Å². The van der Waals surface area contributed by atoms with Gasteiger partial charge in [0.2, 0.25) is 0 Å². The number of hydrogen-bond acceptors (Lipinski definition) is 1. The molecule has 0 aromatic carbocycles. The Morgan fingerprint density at radius 2 is 1.79 bits per heavy atom. The summed E-state index contributed by atoms with van der Waals surface area (Å²) in [6.45, 7) is 9.46. The Kier molecular flexibility index (Phi) is 4.43. The second-order valence-electron chi connectivity index (χ2n) is 5.40. The van der Waals surface area contributed by atoms with Crippen LogP contribution in [0, 0.1) is 11.8 Å². The topological polar surface area (TPSA) is 3.24 Å². The van der Waals surface area contributed by atoms with E-state index in [0.29, 0.717) is 0 Å². The van der Waals surface area contributed by atoms with Crippen molar-refractivity contribution in [1.82, 2.24) is 4.90 Å². The molecule has 0 heterocycles. The summed E-state index contributed by atoms with van der Waals surface area (Å²) in [6.07, 6.45) is 5.56. The van der Waals surface area contributed by atoms with Crippen LogP contribution in [-0.2, 0) is 0 Å². The Morgan fingerprint density at radius 1 is 1.21 bits per heavy atom. The Balaban J connectivity index is 2.52. The van der Waals surface area contributed by atoms with E-state index in [-0.39, 0.29) is 0 Å². The van der Waals surface area contributed by atoms with Crippen molar-refractivity contribution in [1.29, 1.82) is 0 Å². The molecule has 1 rings (SSSR count). The van der Waals surface area contributed by atoms with Crippen molar-refractivity contribution in [3.05, 3.63) is 0 Å². The molecule has 0 bridgehead atoms. The third-order valence-electron chi connectivity index (χ3n) is 3.60. The molecule has 2 atom stereocenters. The van der Waals surface area contributed by atoms with E-state index in [2.05, 4.69) is 39.6 Å². The molecule has 1 aliphatic carbocycles. The summed E-state index contributed by atoms with van der Waals surface area (Å²) < 4.78 is 0. The molecule has 1 fully saturated rings. The normalized spacial score (nSPS) is 21.6. The fraction of sp³-hybridized carbons (Fsp3) is 1.00. The average molecular weight is 197 g/mol. The molecule has 0 spiro atoms. The van der Waals surface area contributed by atoms with Crippen molar-refractivity contribution in [3.63, 3.8) is 0 Å². The van der Waals surface area contributed by atoms with Gasteiger partial charge in [-0.25, -0.2) is 0 Å². The highest BCUT2D eigenvalue weighted by atomic mass is 15.2. The van der Waals surface area contributed by atoms with E-state index in [1.807, 2.05) is 0 Å². The van der Waals surface area contributed by atoms with E-state index in [1.165, 1.54) is 25.7 Å². The Labute approximate surface area is 89.9 Å². The molecule has 1 nitrogen and oxygen atoms in total. The van der Waals surface area contributed by atoms with Gasteiger partial charge in [-0.2, -0.15) is 0 Å². The molecule has 84 valence electrons. The minimum Gasteiger partial charge on any atom is -0.300 e. The van der Waals surface area contributed by atoms with E-state index in [9.17, 15) is 0 Å². The summed E-state index contributed by atoms with van der Waals surface area (Å²) in [6, 6.07) is 1.70. The van der Waals surface area contributed by atoms with Gasteiger partial charge in [0.25, 0.3) is 0 Å². The lowest BCUT2D eigenvalue weighted by Gasteiger charge is -2.36. The van der Waals surface area contributed by atoms with Crippen molar-refractivity contribution < 1.29 is 0 Å². The van der Waals surface area contributed by atoms with Gasteiger partial charge in [0, 0.05) is 12.1 Å². The highest BCUT2D eigenvalue weighted by Gasteiger charge is 2.34. The lowest BCUT2D eigenvalue weighted by Crippen LogP contribution is -2.42. The molecular weight excluding hydrogens is 170 g/mol. The largest absolute Gasteiger partial charge is 0.300 e. The molecule has 1 heteroatoms. The van der Waals surface area contributed by atoms with E-state index in [4.69, 9.17) is 0 Å². The number of rotatable bonds is 6. The molecule has 0 N–H and O–H groups in total. The second-order valence-corrected chi connectivity index (χ2v) is 5.40. The first-order valence-corrected chi connectivity index (χ1v) is 6.29. The van der Waals surface area contributed by atoms with Crippen LogP contribution in [0.15, 0.2) is 0 Å². The Hall–Kier alpha value is -0.0400. The van der Waals surface area contributed by atoms with Crippen LogP contribution in [0.2, 0.25) is 0 Å². The fourth-order valence-electron chi connectivity index (χ4n) is 2.88. The fourth-order valence-corrected chi connectivity index (χ4v) is 2.88. The monoisotopic (exact) mass is 197 g/mol. The first kappa shape index (κ1) is 12.0. The maximum atomic E-state index is 2.64. The quantitative estimate of drug-likeness (QED) is 0.629. The van der Waals surface area contributed by atoms with Crippen LogP contribution in [-0.4, -0.2) is 24.0 Å². The molecule has 14 heavy (non-hydrogen) atoms. The van der Waals surface area contributed by atoms with E-state index in [1.54, 1.807) is 0 Å². The van der Waals surface area contributed by atoms with E-state index in [0.717, 1.165) is 23.9 Å². The summed E-state index contributed by atoms with van der Waals surface area (Å²) in [5.41, 5.74) is 0. The van der Waals surface area contributed by atoms with Crippen LogP contribution in [0.4, 0.5) is 0 Å². The van der Waals surface area contributed by atoms with Gasteiger partial charge < -0.3 is 0 Å². The maximum absolute atomic E-state index is 2.64. The molecule has 0 aromatic rings. The minimum absolute atomic E-state index is 0.794. The molecule has 0 radical (unpaired) electrons. The highest BCUT2D eigenvalue weighted by molar-refractivity contribution is 4.89. The molecule has 1 saturated carbocycles. The number of hydrogen-bond donors (Lipinski definition) is 0. The Morgan fingerprint density at radius 3 is 2.14 bits per heavy atom. The predicted molar refractivity (Wildman–Crippen MR) is 63.5 cm³/mol. The molecular formula is C13H27N. The molecule has 0 saturated heterocycles. The van der Waals surface area contributed by atoms with Gasteiger partial charge in [-0.1, -0.05) is 34.1 Å². The van der Waals surface area contributed by atoms with Crippen molar-refractivity contribution in [3.8, 4) is 0 Å². The molecule has 0 aromatic heterocycles. The van der Waals surface area contributed by atoms with Gasteiger partial charge in [0.1, 0.15) is 0 Å². The summed E-state index contributed by atoms with van der Waals surface area (Å²) in [7, 11) is 2.33. The van der Waals surface area contributed by atoms with Gasteiger partial charge in [-0.15, -0.1) is 0 Å². The van der Waals surface area contributed by atoms with Gasteiger partial charge in [-0.05, 0) is 38.1 Å². The SMILES string of the molecule is CCC[C@H](C)C(C(C)C)N(C)C1CC1. The standard InChI is InChI=1S/C13H27N/c1-6-7-11(4)13(10(2)3)14(5)12-8-9-12/h10-13H,6-9H2,1-5H3/t11-,13?/m0/s1. The third kappa shape index (κ3) is 2.98. The first-order chi connectivity index (χ1) is 6.57. The third-order valence-corrected chi connectivity index (χ3v) is 3.60. The van der Waals surface area contributed by atoms with Crippen LogP contribution in [0.5, 0.6) is 0 Å². The lowest BCUT2D eigenvalue weighted by molar-refractivity contribution is 0.124. The Bertz CT molecular complexity index is 161. The summed E-state index contributed by atoms with van der Waals surface area (Å²) >= 11 is 0. The van der Waals surface area contributed by atoms with Crippen LogP contribution in [0.3, 0.4) is 0 Å².